The van der Waals surface area contributed by atoms with Gasteiger partial charge in [0, 0.05) is 5.02 Å². The van der Waals surface area contributed by atoms with E-state index in [9.17, 15) is 15.0 Å². The lowest BCUT2D eigenvalue weighted by molar-refractivity contribution is -0.130. The number of halogens is 1. The Kier molecular flexibility index (Phi) is 3.63. The first kappa shape index (κ1) is 11.2. The SMILES string of the molecule is CC(=O)[C@H](O)[C@@H](O)c1ccc(Cl)cc1. The molecule has 2 atom stereocenters. The number of hydrogen-bond acceptors (Lipinski definition) is 3. The third-order valence-electron chi connectivity index (χ3n) is 1.93. The fourth-order valence-electron chi connectivity index (χ4n) is 1.06. The molecule has 0 aromatic heterocycles. The highest BCUT2D eigenvalue weighted by Crippen LogP contribution is 2.19. The van der Waals surface area contributed by atoms with Crippen LogP contribution < -0.4 is 0 Å². The minimum Gasteiger partial charge on any atom is -0.385 e. The molecule has 1 rings (SSSR count). The van der Waals surface area contributed by atoms with Gasteiger partial charge in [-0.1, -0.05) is 23.7 Å². The molecule has 4 heteroatoms. The van der Waals surface area contributed by atoms with Crippen LogP contribution in [0.15, 0.2) is 24.3 Å². The van der Waals surface area contributed by atoms with Crippen LogP contribution in [-0.2, 0) is 4.79 Å². The van der Waals surface area contributed by atoms with Crippen molar-refractivity contribution in [1.29, 1.82) is 0 Å². The zero-order valence-corrected chi connectivity index (χ0v) is 8.40. The molecule has 0 radical (unpaired) electrons. The maximum Gasteiger partial charge on any atom is 0.161 e. The number of carbonyl (C=O) groups excluding carboxylic acids is 1. The maximum absolute atomic E-state index is 10.8. The van der Waals surface area contributed by atoms with Crippen molar-refractivity contribution >= 4 is 17.4 Å². The number of rotatable bonds is 3. The molecule has 0 saturated heterocycles. The van der Waals surface area contributed by atoms with Gasteiger partial charge in [0.2, 0.25) is 0 Å². The van der Waals surface area contributed by atoms with Gasteiger partial charge in [-0.3, -0.25) is 4.79 Å². The van der Waals surface area contributed by atoms with Crippen LogP contribution in [0.3, 0.4) is 0 Å². The maximum atomic E-state index is 10.8. The van der Waals surface area contributed by atoms with Crippen LogP contribution in [0.2, 0.25) is 5.02 Å². The zero-order valence-electron chi connectivity index (χ0n) is 7.64. The highest BCUT2D eigenvalue weighted by Gasteiger charge is 2.21. The largest absolute Gasteiger partial charge is 0.385 e. The van der Waals surface area contributed by atoms with Gasteiger partial charge >= 0.3 is 0 Å². The normalized spacial score (nSPS) is 14.9. The Labute approximate surface area is 86.9 Å². The van der Waals surface area contributed by atoms with Crippen molar-refractivity contribution in [2.75, 3.05) is 0 Å². The summed E-state index contributed by atoms with van der Waals surface area (Å²) in [5, 5.41) is 19.4. The van der Waals surface area contributed by atoms with Crippen LogP contribution in [0.5, 0.6) is 0 Å². The van der Waals surface area contributed by atoms with E-state index in [1.54, 1.807) is 24.3 Å². The molecule has 14 heavy (non-hydrogen) atoms. The molecule has 0 unspecified atom stereocenters. The summed E-state index contributed by atoms with van der Waals surface area (Å²) >= 11 is 5.65. The van der Waals surface area contributed by atoms with E-state index in [2.05, 4.69) is 0 Å². The van der Waals surface area contributed by atoms with E-state index in [0.717, 1.165) is 0 Å². The summed E-state index contributed by atoms with van der Waals surface area (Å²) in [4.78, 5) is 10.8. The summed E-state index contributed by atoms with van der Waals surface area (Å²) in [7, 11) is 0. The molecule has 0 amide bonds. The van der Waals surface area contributed by atoms with E-state index in [4.69, 9.17) is 11.6 Å². The molecule has 3 nitrogen and oxygen atoms in total. The Morgan fingerprint density at radius 3 is 2.21 bits per heavy atom. The van der Waals surface area contributed by atoms with Gasteiger partial charge in [-0.15, -0.1) is 0 Å². The van der Waals surface area contributed by atoms with Crippen LogP contribution in [-0.4, -0.2) is 22.1 Å². The second kappa shape index (κ2) is 4.55. The molecule has 1 aromatic rings. The van der Waals surface area contributed by atoms with Gasteiger partial charge in [0.05, 0.1) is 0 Å². The van der Waals surface area contributed by atoms with E-state index < -0.39 is 18.0 Å². The molecule has 0 aliphatic carbocycles. The monoisotopic (exact) mass is 214 g/mol. The van der Waals surface area contributed by atoms with E-state index in [0.29, 0.717) is 10.6 Å². The first-order valence-corrected chi connectivity index (χ1v) is 4.52. The van der Waals surface area contributed by atoms with Crippen molar-refractivity contribution < 1.29 is 15.0 Å². The van der Waals surface area contributed by atoms with Crippen LogP contribution in [0, 0.1) is 0 Å². The number of hydrogen-bond donors (Lipinski definition) is 2. The van der Waals surface area contributed by atoms with Gasteiger partial charge in [-0.2, -0.15) is 0 Å². The Hall–Kier alpha value is -0.900. The number of ketones is 1. The van der Waals surface area contributed by atoms with Gasteiger partial charge < -0.3 is 10.2 Å². The third-order valence-corrected chi connectivity index (χ3v) is 2.18. The molecule has 0 aliphatic rings. The molecule has 0 spiro atoms. The minimum atomic E-state index is -1.38. The second-order valence-corrected chi connectivity index (χ2v) is 3.49. The lowest BCUT2D eigenvalue weighted by Crippen LogP contribution is -2.25. The summed E-state index contributed by atoms with van der Waals surface area (Å²) in [6.45, 7) is 1.23. The smallest absolute Gasteiger partial charge is 0.161 e. The second-order valence-electron chi connectivity index (χ2n) is 3.05. The molecule has 0 saturated carbocycles. The predicted octanol–water partition coefficient (Wildman–Crippen LogP) is 1.32. The van der Waals surface area contributed by atoms with Crippen molar-refractivity contribution in [1.82, 2.24) is 0 Å². The van der Waals surface area contributed by atoms with Gasteiger partial charge in [0.1, 0.15) is 12.2 Å². The first-order chi connectivity index (χ1) is 6.52. The molecule has 0 bridgehead atoms. The third kappa shape index (κ3) is 2.54. The standard InChI is InChI=1S/C10H11ClO3/c1-6(12)9(13)10(14)7-2-4-8(11)5-3-7/h2-5,9-10,13-14H,1H3/t9-,10-/m0/s1. The molecule has 0 fully saturated rings. The lowest BCUT2D eigenvalue weighted by atomic mass is 10.0. The molecule has 2 N–H and O–H groups in total. The molecule has 1 aromatic carbocycles. The van der Waals surface area contributed by atoms with Crippen LogP contribution in [0.25, 0.3) is 0 Å². The average molecular weight is 215 g/mol. The van der Waals surface area contributed by atoms with Crippen molar-refractivity contribution in [3.8, 4) is 0 Å². The Balaban J connectivity index is 2.84. The molecular weight excluding hydrogens is 204 g/mol. The Morgan fingerprint density at radius 1 is 1.29 bits per heavy atom. The van der Waals surface area contributed by atoms with Gasteiger partial charge in [0.15, 0.2) is 5.78 Å². The Bertz CT molecular complexity index is 321. The van der Waals surface area contributed by atoms with Crippen LogP contribution >= 0.6 is 11.6 Å². The summed E-state index contributed by atoms with van der Waals surface area (Å²) in [6, 6.07) is 6.32. The van der Waals surface area contributed by atoms with Gasteiger partial charge in [-0.25, -0.2) is 0 Å². The van der Waals surface area contributed by atoms with E-state index in [1.165, 1.54) is 6.92 Å². The molecule has 0 aliphatic heterocycles. The zero-order chi connectivity index (χ0) is 10.7. The summed E-state index contributed by atoms with van der Waals surface area (Å²) in [5.41, 5.74) is 0.470. The quantitative estimate of drug-likeness (QED) is 0.798. The van der Waals surface area contributed by atoms with E-state index in [-0.39, 0.29) is 0 Å². The first-order valence-electron chi connectivity index (χ1n) is 4.14. The highest BCUT2D eigenvalue weighted by molar-refractivity contribution is 6.30. The lowest BCUT2D eigenvalue weighted by Gasteiger charge is -2.15. The fraction of sp³-hybridized carbons (Fsp3) is 0.300. The van der Waals surface area contributed by atoms with E-state index >= 15 is 0 Å². The highest BCUT2D eigenvalue weighted by atomic mass is 35.5. The van der Waals surface area contributed by atoms with Crippen LogP contribution in [0.4, 0.5) is 0 Å². The topological polar surface area (TPSA) is 57.5 Å². The van der Waals surface area contributed by atoms with Crippen molar-refractivity contribution in [3.63, 3.8) is 0 Å². The molecule has 0 heterocycles. The summed E-state index contributed by atoms with van der Waals surface area (Å²) in [6.07, 6.45) is -2.57. The predicted molar refractivity (Wildman–Crippen MR) is 53.1 cm³/mol. The van der Waals surface area contributed by atoms with E-state index in [1.807, 2.05) is 0 Å². The number of aliphatic hydroxyl groups is 2. The van der Waals surface area contributed by atoms with Gasteiger partial charge in [-0.05, 0) is 24.6 Å². The Morgan fingerprint density at radius 2 is 1.79 bits per heavy atom. The molecule has 76 valence electrons. The minimum absolute atomic E-state index is 0.465. The van der Waals surface area contributed by atoms with Crippen molar-refractivity contribution in [2.45, 2.75) is 19.1 Å². The summed E-state index contributed by atoms with van der Waals surface area (Å²) < 4.78 is 0. The molecular formula is C10H11ClO3. The number of carbonyl (C=O) groups is 1. The van der Waals surface area contributed by atoms with Crippen molar-refractivity contribution in [3.05, 3.63) is 34.9 Å². The summed E-state index contributed by atoms with van der Waals surface area (Å²) in [5.74, 6) is -0.465. The fourth-order valence-corrected chi connectivity index (χ4v) is 1.19. The average Bonchev–Trinajstić information content (AvgIpc) is 2.16. The number of Topliss-reactive ketones (excluding diaryl/α,β-unsaturated/α-hetero) is 1. The number of aliphatic hydroxyl groups excluding tert-OH is 2. The van der Waals surface area contributed by atoms with Crippen LogP contribution in [0.1, 0.15) is 18.6 Å². The van der Waals surface area contributed by atoms with Crippen molar-refractivity contribution in [2.24, 2.45) is 0 Å². The number of benzene rings is 1. The van der Waals surface area contributed by atoms with Gasteiger partial charge in [0.25, 0.3) is 0 Å².